The number of hydrogen-bond acceptors (Lipinski definition) is 4. The van der Waals surface area contributed by atoms with Crippen molar-refractivity contribution >= 4 is 21.7 Å². The van der Waals surface area contributed by atoms with Crippen LogP contribution in [0.15, 0.2) is 12.4 Å². The Morgan fingerprint density at radius 2 is 2.26 bits per heavy atom. The van der Waals surface area contributed by atoms with Crippen molar-refractivity contribution in [1.29, 1.82) is 0 Å². The zero-order valence-corrected chi connectivity index (χ0v) is 13.1. The van der Waals surface area contributed by atoms with Crippen molar-refractivity contribution in [3.63, 3.8) is 0 Å². The first kappa shape index (κ1) is 14.6. The van der Waals surface area contributed by atoms with E-state index in [0.717, 1.165) is 24.1 Å². The lowest BCUT2D eigenvalue weighted by molar-refractivity contribution is 0.304. The largest absolute Gasteiger partial charge is 0.477 e. The van der Waals surface area contributed by atoms with Gasteiger partial charge in [0.2, 0.25) is 5.88 Å². The van der Waals surface area contributed by atoms with Gasteiger partial charge >= 0.3 is 0 Å². The highest BCUT2D eigenvalue weighted by Gasteiger charge is 2.21. The van der Waals surface area contributed by atoms with Crippen LogP contribution in [-0.4, -0.2) is 34.5 Å². The molecular weight excluding hydrogens is 306 g/mol. The lowest BCUT2D eigenvalue weighted by Crippen LogP contribution is -2.36. The van der Waals surface area contributed by atoms with Crippen molar-refractivity contribution in [2.24, 2.45) is 0 Å². The summed E-state index contributed by atoms with van der Waals surface area (Å²) in [6, 6.07) is 0.512. The van der Waals surface area contributed by atoms with E-state index in [-0.39, 0.29) is 0 Å². The number of halogens is 1. The quantitative estimate of drug-likeness (QED) is 0.777. The number of nitrogens with zero attached hydrogens (tertiary/aromatic N) is 3. The lowest BCUT2D eigenvalue weighted by atomic mass is 10.1. The smallest absolute Gasteiger partial charge is 0.234 e. The fourth-order valence-corrected chi connectivity index (χ4v) is 3.07. The molecule has 4 nitrogen and oxygen atoms in total. The molecular formula is C14H22BrN3O. The van der Waals surface area contributed by atoms with E-state index < -0.39 is 0 Å². The lowest BCUT2D eigenvalue weighted by Gasteiger charge is -2.29. The second-order valence-corrected chi connectivity index (χ2v) is 5.56. The Hall–Kier alpha value is -0.840. The molecule has 1 aliphatic heterocycles. The molecule has 1 unspecified atom stereocenters. The molecule has 0 radical (unpaired) electrons. The maximum Gasteiger partial charge on any atom is 0.234 e. The van der Waals surface area contributed by atoms with E-state index >= 15 is 0 Å². The number of ether oxygens (including phenoxy) is 1. The molecule has 0 saturated carbocycles. The number of rotatable bonds is 5. The highest BCUT2D eigenvalue weighted by molar-refractivity contribution is 9.09. The van der Waals surface area contributed by atoms with E-state index in [0.29, 0.717) is 18.5 Å². The summed E-state index contributed by atoms with van der Waals surface area (Å²) >= 11 is 3.62. The van der Waals surface area contributed by atoms with Gasteiger partial charge in [-0.05, 0) is 19.3 Å². The van der Waals surface area contributed by atoms with Crippen LogP contribution >= 0.6 is 15.9 Å². The molecule has 0 N–H and O–H groups in total. The van der Waals surface area contributed by atoms with Crippen LogP contribution in [0.2, 0.25) is 0 Å². The number of anilines is 1. The molecule has 0 aromatic carbocycles. The molecule has 0 aliphatic carbocycles. The number of aromatic nitrogens is 2. The van der Waals surface area contributed by atoms with Crippen LogP contribution < -0.4 is 9.64 Å². The Bertz CT molecular complexity index is 389. The molecule has 1 atom stereocenters. The predicted octanol–water partition coefficient (Wildman–Crippen LogP) is 3.41. The Labute approximate surface area is 123 Å². The fourth-order valence-electron chi connectivity index (χ4n) is 2.39. The molecule has 1 aliphatic rings. The summed E-state index contributed by atoms with van der Waals surface area (Å²) in [4.78, 5) is 11.2. The minimum absolute atomic E-state index is 0.512. The van der Waals surface area contributed by atoms with Gasteiger partial charge in [-0.25, -0.2) is 0 Å². The molecule has 1 aromatic rings. The number of alkyl halides is 1. The highest BCUT2D eigenvalue weighted by atomic mass is 79.9. The highest BCUT2D eigenvalue weighted by Crippen LogP contribution is 2.24. The Morgan fingerprint density at radius 3 is 3.05 bits per heavy atom. The standard InChI is InChI=1S/C14H22BrN3O/c1-2-8-19-14-11-16-10-13(17-14)18-7-5-3-4-6-12(18)9-15/h10-12H,2-9H2,1H3. The van der Waals surface area contributed by atoms with Crippen molar-refractivity contribution in [2.45, 2.75) is 45.1 Å². The van der Waals surface area contributed by atoms with Gasteiger partial charge in [-0.1, -0.05) is 35.7 Å². The molecule has 2 heterocycles. The van der Waals surface area contributed by atoms with Gasteiger partial charge < -0.3 is 9.64 Å². The molecule has 1 aromatic heterocycles. The zero-order chi connectivity index (χ0) is 13.5. The van der Waals surface area contributed by atoms with E-state index in [1.54, 1.807) is 6.20 Å². The van der Waals surface area contributed by atoms with Crippen LogP contribution in [0, 0.1) is 0 Å². The fraction of sp³-hybridized carbons (Fsp3) is 0.714. The van der Waals surface area contributed by atoms with Gasteiger partial charge in [-0.2, -0.15) is 4.98 Å². The second-order valence-electron chi connectivity index (χ2n) is 4.91. The molecule has 0 amide bonds. The normalized spacial score (nSPS) is 20.1. The third-order valence-electron chi connectivity index (χ3n) is 3.40. The summed E-state index contributed by atoms with van der Waals surface area (Å²) in [6.07, 6.45) is 9.57. The van der Waals surface area contributed by atoms with E-state index in [1.165, 1.54) is 25.7 Å². The predicted molar refractivity (Wildman–Crippen MR) is 81.2 cm³/mol. The first-order chi connectivity index (χ1) is 9.35. The first-order valence-corrected chi connectivity index (χ1v) is 8.24. The third kappa shape index (κ3) is 4.06. The van der Waals surface area contributed by atoms with Gasteiger partial charge in [0.15, 0.2) is 5.82 Å². The van der Waals surface area contributed by atoms with E-state index in [9.17, 15) is 0 Å². The summed E-state index contributed by atoms with van der Waals surface area (Å²) in [6.45, 7) is 3.84. The average Bonchev–Trinajstić information content (AvgIpc) is 2.70. The van der Waals surface area contributed by atoms with Gasteiger partial charge in [0.1, 0.15) is 0 Å². The Balaban J connectivity index is 2.13. The molecule has 1 fully saturated rings. The van der Waals surface area contributed by atoms with E-state index in [4.69, 9.17) is 4.74 Å². The molecule has 0 bridgehead atoms. The Kier molecular flexibility index (Phi) is 5.89. The minimum atomic E-state index is 0.512. The summed E-state index contributed by atoms with van der Waals surface area (Å²) in [5.41, 5.74) is 0. The molecule has 0 spiro atoms. The van der Waals surface area contributed by atoms with Crippen LogP contribution in [0.5, 0.6) is 5.88 Å². The monoisotopic (exact) mass is 327 g/mol. The van der Waals surface area contributed by atoms with Crippen molar-refractivity contribution in [1.82, 2.24) is 9.97 Å². The summed E-state index contributed by atoms with van der Waals surface area (Å²) in [5.74, 6) is 1.58. The molecule has 19 heavy (non-hydrogen) atoms. The zero-order valence-electron chi connectivity index (χ0n) is 11.5. The van der Waals surface area contributed by atoms with E-state index in [2.05, 4.69) is 37.7 Å². The SMILES string of the molecule is CCCOc1cncc(N2CCCCCC2CBr)n1. The number of hydrogen-bond donors (Lipinski definition) is 0. The van der Waals surface area contributed by atoms with Crippen molar-refractivity contribution in [2.75, 3.05) is 23.4 Å². The minimum Gasteiger partial charge on any atom is -0.477 e. The molecule has 106 valence electrons. The van der Waals surface area contributed by atoms with Crippen LogP contribution in [0.4, 0.5) is 5.82 Å². The molecule has 2 rings (SSSR count). The first-order valence-electron chi connectivity index (χ1n) is 7.12. The topological polar surface area (TPSA) is 38.2 Å². The molecule has 5 heteroatoms. The second kappa shape index (κ2) is 7.68. The van der Waals surface area contributed by atoms with Gasteiger partial charge in [-0.3, -0.25) is 4.98 Å². The van der Waals surface area contributed by atoms with Gasteiger partial charge in [-0.15, -0.1) is 0 Å². The molecule has 1 saturated heterocycles. The van der Waals surface area contributed by atoms with Gasteiger partial charge in [0, 0.05) is 17.9 Å². The van der Waals surface area contributed by atoms with Crippen LogP contribution in [0.1, 0.15) is 39.0 Å². The summed E-state index contributed by atoms with van der Waals surface area (Å²) in [7, 11) is 0. The van der Waals surface area contributed by atoms with Crippen molar-refractivity contribution in [3.8, 4) is 5.88 Å². The van der Waals surface area contributed by atoms with Crippen LogP contribution in [-0.2, 0) is 0 Å². The Morgan fingerprint density at radius 1 is 1.37 bits per heavy atom. The average molecular weight is 328 g/mol. The van der Waals surface area contributed by atoms with Crippen molar-refractivity contribution in [3.05, 3.63) is 12.4 Å². The van der Waals surface area contributed by atoms with Crippen LogP contribution in [0.25, 0.3) is 0 Å². The maximum absolute atomic E-state index is 5.57. The summed E-state index contributed by atoms with van der Waals surface area (Å²) < 4.78 is 5.57. The van der Waals surface area contributed by atoms with Gasteiger partial charge in [0.05, 0.1) is 19.0 Å². The third-order valence-corrected chi connectivity index (χ3v) is 4.15. The van der Waals surface area contributed by atoms with Gasteiger partial charge in [0.25, 0.3) is 0 Å². The maximum atomic E-state index is 5.57. The summed E-state index contributed by atoms with van der Waals surface area (Å²) in [5, 5.41) is 0.981. The van der Waals surface area contributed by atoms with Crippen molar-refractivity contribution < 1.29 is 4.74 Å². The van der Waals surface area contributed by atoms with E-state index in [1.807, 2.05) is 6.20 Å². The van der Waals surface area contributed by atoms with Crippen LogP contribution in [0.3, 0.4) is 0 Å².